The highest BCUT2D eigenvalue weighted by atomic mass is 31.1. The molecule has 0 saturated carbocycles. The number of carbonyl (C=O) groups excluding carboxylic acids is 1. The van der Waals surface area contributed by atoms with E-state index in [1.54, 1.807) is 6.08 Å². The normalized spacial score (nSPS) is 11.2. The Labute approximate surface area is 82.3 Å². The zero-order chi connectivity index (χ0) is 10.8. The summed E-state index contributed by atoms with van der Waals surface area (Å²) in [5.74, 6) is 1.31. The average molecular weight is 211 g/mol. The van der Waals surface area contributed by atoms with Gasteiger partial charge in [0.15, 0.2) is 0 Å². The molecular formula is C9H10NO3P. The Balaban J connectivity index is 0.000000500. The second-order valence-electron chi connectivity index (χ2n) is 2.18. The summed E-state index contributed by atoms with van der Waals surface area (Å²) in [6.45, 7) is 0. The van der Waals surface area contributed by atoms with Gasteiger partial charge in [-0.1, -0.05) is 30.3 Å². The molecule has 1 aromatic carbocycles. The number of nitrogens with one attached hydrogen (secondary N) is 1. The Morgan fingerprint density at radius 1 is 1.36 bits per heavy atom. The third-order valence-electron chi connectivity index (χ3n) is 1.22. The van der Waals surface area contributed by atoms with E-state index in [4.69, 9.17) is 15.1 Å². The van der Waals surface area contributed by atoms with Crippen LogP contribution in [0.1, 0.15) is 5.56 Å². The first-order valence-electron chi connectivity index (χ1n) is 3.70. The Morgan fingerprint density at radius 3 is 2.29 bits per heavy atom. The van der Waals surface area contributed by atoms with E-state index < -0.39 is 8.03 Å². The zero-order valence-corrected chi connectivity index (χ0v) is 8.31. The van der Waals surface area contributed by atoms with Crippen LogP contribution < -0.4 is 0 Å². The summed E-state index contributed by atoms with van der Waals surface area (Å²) in [5, 5.41) is 5.40. The van der Waals surface area contributed by atoms with Crippen molar-refractivity contribution >= 4 is 20.2 Å². The zero-order valence-electron chi connectivity index (χ0n) is 7.31. The van der Waals surface area contributed by atoms with E-state index >= 15 is 0 Å². The molecule has 0 amide bonds. The molecule has 0 fully saturated rings. The number of hydrogen-bond acceptors (Lipinski definition) is 3. The van der Waals surface area contributed by atoms with Crippen LogP contribution >= 0.6 is 8.03 Å². The first-order valence-corrected chi connectivity index (χ1v) is 5.14. The monoisotopic (exact) mass is 211 g/mol. The Kier molecular flexibility index (Phi) is 7.29. The quantitative estimate of drug-likeness (QED) is 0.446. The third kappa shape index (κ3) is 7.19. The van der Waals surface area contributed by atoms with E-state index in [2.05, 4.69) is 0 Å². The molecule has 1 aromatic rings. The summed E-state index contributed by atoms with van der Waals surface area (Å²) in [4.78, 5) is 16.8. The van der Waals surface area contributed by atoms with Crippen molar-refractivity contribution in [1.29, 1.82) is 5.41 Å². The number of isocyanates is 1. The van der Waals surface area contributed by atoms with Gasteiger partial charge in [0, 0.05) is 0 Å². The fourth-order valence-electron chi connectivity index (χ4n) is 0.732. The molecule has 0 bridgehead atoms. The predicted molar refractivity (Wildman–Crippen MR) is 55.1 cm³/mol. The molecule has 0 radical (unpaired) electrons. The minimum atomic E-state index is -2.46. The minimum absolute atomic E-state index is 0.750. The smallest absolute Gasteiger partial charge is 0.231 e. The fourth-order valence-corrected chi connectivity index (χ4v) is 1.07. The van der Waals surface area contributed by atoms with Gasteiger partial charge in [0.1, 0.15) is 0 Å². The van der Waals surface area contributed by atoms with Crippen LogP contribution in [0, 0.1) is 5.41 Å². The van der Waals surface area contributed by atoms with Crippen molar-refractivity contribution in [2.75, 3.05) is 0 Å². The molecule has 0 aliphatic carbocycles. The van der Waals surface area contributed by atoms with E-state index in [9.17, 15) is 4.57 Å². The SMILES string of the molecule is N=C=O.O=[PH](O)C=Cc1ccccc1. The molecule has 0 aromatic heterocycles. The number of rotatable bonds is 2. The van der Waals surface area contributed by atoms with Crippen LogP contribution in [0.3, 0.4) is 0 Å². The largest absolute Gasteiger partial charge is 0.343 e. The molecule has 0 aliphatic rings. The van der Waals surface area contributed by atoms with Crippen LogP contribution in [0.4, 0.5) is 0 Å². The van der Waals surface area contributed by atoms with Crippen LogP contribution in [0.5, 0.6) is 0 Å². The predicted octanol–water partition coefficient (Wildman–Crippen LogP) is 2.03. The molecule has 1 unspecified atom stereocenters. The summed E-state index contributed by atoms with van der Waals surface area (Å²) in [6, 6.07) is 9.42. The lowest BCUT2D eigenvalue weighted by Crippen LogP contribution is -1.65. The highest BCUT2D eigenvalue weighted by Gasteiger charge is 1.83. The van der Waals surface area contributed by atoms with Crippen molar-refractivity contribution < 1.29 is 14.3 Å². The second-order valence-corrected chi connectivity index (χ2v) is 3.19. The maximum absolute atomic E-state index is 10.3. The average Bonchev–Trinajstić information content (AvgIpc) is 2.18. The van der Waals surface area contributed by atoms with Crippen LogP contribution in [0.15, 0.2) is 36.1 Å². The van der Waals surface area contributed by atoms with E-state index in [0.717, 1.165) is 11.6 Å². The number of benzene rings is 1. The highest BCUT2D eigenvalue weighted by molar-refractivity contribution is 7.41. The lowest BCUT2D eigenvalue weighted by Gasteiger charge is -1.88. The molecule has 74 valence electrons. The Hall–Kier alpha value is -1.47. The van der Waals surface area contributed by atoms with E-state index in [-0.39, 0.29) is 0 Å². The molecular weight excluding hydrogens is 201 g/mol. The van der Waals surface area contributed by atoms with Gasteiger partial charge in [-0.05, 0) is 17.5 Å². The molecule has 0 spiro atoms. The molecule has 1 rings (SSSR count). The van der Waals surface area contributed by atoms with Crippen molar-refractivity contribution in [1.82, 2.24) is 0 Å². The van der Waals surface area contributed by atoms with Gasteiger partial charge in [-0.25, -0.2) is 10.2 Å². The number of hydrogen-bond donors (Lipinski definition) is 2. The summed E-state index contributed by atoms with van der Waals surface area (Å²) >= 11 is 0. The maximum Gasteiger partial charge on any atom is 0.231 e. The first-order chi connectivity index (χ1) is 6.70. The lowest BCUT2D eigenvalue weighted by molar-refractivity contribution is 0.513. The molecule has 0 saturated heterocycles. The van der Waals surface area contributed by atoms with Crippen molar-refractivity contribution in [2.24, 2.45) is 0 Å². The standard InChI is InChI=1S/C8H9O2P.CHNO/c9-11(10)7-6-8-4-2-1-3-5-8;2-1-3/h1-7,11H,(H,9,10);2H. The highest BCUT2D eigenvalue weighted by Crippen LogP contribution is 2.16. The van der Waals surface area contributed by atoms with Gasteiger partial charge < -0.3 is 4.89 Å². The van der Waals surface area contributed by atoms with Crippen molar-refractivity contribution in [2.45, 2.75) is 0 Å². The van der Waals surface area contributed by atoms with Crippen molar-refractivity contribution in [3.63, 3.8) is 0 Å². The summed E-state index contributed by atoms with van der Waals surface area (Å²) < 4.78 is 10.3. The van der Waals surface area contributed by atoms with Crippen molar-refractivity contribution in [3.8, 4) is 0 Å². The van der Waals surface area contributed by atoms with Crippen LogP contribution in [-0.4, -0.2) is 11.0 Å². The molecule has 4 nitrogen and oxygen atoms in total. The van der Waals surface area contributed by atoms with Crippen LogP contribution in [-0.2, 0) is 9.36 Å². The van der Waals surface area contributed by atoms with Gasteiger partial charge in [0.05, 0.1) is 0 Å². The van der Waals surface area contributed by atoms with E-state index in [1.807, 2.05) is 30.3 Å². The first kappa shape index (κ1) is 12.5. The van der Waals surface area contributed by atoms with Crippen LogP contribution in [0.25, 0.3) is 6.08 Å². The van der Waals surface area contributed by atoms with E-state index in [1.165, 1.54) is 5.82 Å². The minimum Gasteiger partial charge on any atom is -0.343 e. The lowest BCUT2D eigenvalue weighted by atomic mass is 10.2. The summed E-state index contributed by atoms with van der Waals surface area (Å²) in [5.41, 5.74) is 0.944. The van der Waals surface area contributed by atoms with E-state index in [0.29, 0.717) is 0 Å². The van der Waals surface area contributed by atoms with Crippen LogP contribution in [0.2, 0.25) is 0 Å². The third-order valence-corrected chi connectivity index (χ3v) is 1.67. The molecule has 14 heavy (non-hydrogen) atoms. The second kappa shape index (κ2) is 8.14. The van der Waals surface area contributed by atoms with Gasteiger partial charge in [-0.3, -0.25) is 4.57 Å². The van der Waals surface area contributed by atoms with Crippen molar-refractivity contribution in [3.05, 3.63) is 41.7 Å². The topological polar surface area (TPSA) is 78.2 Å². The van der Waals surface area contributed by atoms with Gasteiger partial charge >= 0.3 is 0 Å². The summed E-state index contributed by atoms with van der Waals surface area (Å²) in [6.07, 6.45) is 2.39. The fraction of sp³-hybridized carbons (Fsp3) is 0. The molecule has 5 heteroatoms. The van der Waals surface area contributed by atoms with Gasteiger partial charge in [0.25, 0.3) is 0 Å². The van der Waals surface area contributed by atoms with Gasteiger partial charge in [-0.2, -0.15) is 0 Å². The molecule has 1 atom stereocenters. The summed E-state index contributed by atoms with van der Waals surface area (Å²) in [7, 11) is -2.46. The van der Waals surface area contributed by atoms with Gasteiger partial charge in [-0.15, -0.1) is 0 Å². The molecule has 0 heterocycles. The maximum atomic E-state index is 10.3. The Bertz CT molecular complexity index is 342. The molecule has 2 N–H and O–H groups in total. The van der Waals surface area contributed by atoms with Gasteiger partial charge in [0.2, 0.25) is 14.1 Å². The Morgan fingerprint density at radius 2 is 1.86 bits per heavy atom. The molecule has 0 aliphatic heterocycles.